The summed E-state index contributed by atoms with van der Waals surface area (Å²) < 4.78 is 0. The topological polar surface area (TPSA) is 65.2 Å². The zero-order chi connectivity index (χ0) is 18.0. The number of amides is 1. The molecule has 0 radical (unpaired) electrons. The summed E-state index contributed by atoms with van der Waals surface area (Å²) in [6, 6.07) is 17.5. The summed E-state index contributed by atoms with van der Waals surface area (Å²) in [5.41, 5.74) is 4.04. The van der Waals surface area contributed by atoms with Gasteiger partial charge in [-0.25, -0.2) is 0 Å². The molecule has 1 heterocycles. The summed E-state index contributed by atoms with van der Waals surface area (Å²) in [6.45, 7) is 6.03. The van der Waals surface area contributed by atoms with Crippen molar-refractivity contribution in [1.29, 1.82) is 5.26 Å². The summed E-state index contributed by atoms with van der Waals surface area (Å²) in [5, 5.41) is 12.5. The number of fused-ring (bicyclic) bond motifs is 1. The lowest BCUT2D eigenvalue weighted by Gasteiger charge is -2.30. The Morgan fingerprint density at radius 3 is 2.56 bits per heavy atom. The quantitative estimate of drug-likeness (QED) is 0.927. The van der Waals surface area contributed by atoms with E-state index >= 15 is 0 Å². The number of carbonyl (C=O) groups excluding carboxylic acids is 1. The third kappa shape index (κ3) is 3.61. The summed E-state index contributed by atoms with van der Waals surface area (Å²) in [7, 11) is 0. The highest BCUT2D eigenvalue weighted by Gasteiger charge is 2.33. The highest BCUT2D eigenvalue weighted by molar-refractivity contribution is 6.19. The molecule has 0 aliphatic carbocycles. The molecule has 0 bridgehead atoms. The van der Waals surface area contributed by atoms with Crippen molar-refractivity contribution < 1.29 is 4.79 Å². The van der Waals surface area contributed by atoms with Gasteiger partial charge in [-0.15, -0.1) is 0 Å². The third-order valence-corrected chi connectivity index (χ3v) is 4.32. The summed E-state index contributed by atoms with van der Waals surface area (Å²) in [5.74, 6) is -1.29. The molecule has 1 amide bonds. The lowest BCUT2D eigenvalue weighted by atomic mass is 9.83. The molecule has 0 aromatic heterocycles. The van der Waals surface area contributed by atoms with E-state index in [4.69, 9.17) is 4.99 Å². The number of benzene rings is 2. The van der Waals surface area contributed by atoms with Crippen LogP contribution in [0.3, 0.4) is 0 Å². The van der Waals surface area contributed by atoms with Crippen molar-refractivity contribution in [3.8, 4) is 6.07 Å². The molecule has 25 heavy (non-hydrogen) atoms. The number of carbonyl (C=O) groups is 1. The highest BCUT2D eigenvalue weighted by Crippen LogP contribution is 2.29. The van der Waals surface area contributed by atoms with E-state index in [0.29, 0.717) is 11.4 Å². The van der Waals surface area contributed by atoms with Gasteiger partial charge >= 0.3 is 0 Å². The van der Waals surface area contributed by atoms with Crippen LogP contribution in [0.2, 0.25) is 0 Å². The summed E-state index contributed by atoms with van der Waals surface area (Å²) in [6.07, 6.45) is 0.796. The maximum absolute atomic E-state index is 12.7. The first-order chi connectivity index (χ1) is 11.9. The van der Waals surface area contributed by atoms with Crippen molar-refractivity contribution in [3.05, 3.63) is 65.2 Å². The number of anilines is 1. The van der Waals surface area contributed by atoms with Gasteiger partial charge in [0.15, 0.2) is 5.92 Å². The van der Waals surface area contributed by atoms with Gasteiger partial charge < -0.3 is 5.32 Å². The van der Waals surface area contributed by atoms with Crippen LogP contribution in [0, 0.1) is 24.2 Å². The van der Waals surface area contributed by atoms with Crippen LogP contribution in [0.15, 0.2) is 53.5 Å². The minimum Gasteiger partial charge on any atom is -0.325 e. The molecule has 1 aliphatic heterocycles. The average molecular weight is 331 g/mol. The minimum absolute atomic E-state index is 0.330. The second kappa shape index (κ2) is 6.52. The first-order valence-corrected chi connectivity index (χ1v) is 8.35. The smallest absolute Gasteiger partial charge is 0.247 e. The van der Waals surface area contributed by atoms with Gasteiger partial charge in [0.25, 0.3) is 0 Å². The van der Waals surface area contributed by atoms with E-state index in [1.165, 1.54) is 0 Å². The van der Waals surface area contributed by atoms with Gasteiger partial charge in [-0.05, 0) is 44.9 Å². The van der Waals surface area contributed by atoms with E-state index < -0.39 is 5.92 Å². The van der Waals surface area contributed by atoms with Gasteiger partial charge in [0.1, 0.15) is 0 Å². The van der Waals surface area contributed by atoms with Crippen molar-refractivity contribution in [2.24, 2.45) is 10.9 Å². The summed E-state index contributed by atoms with van der Waals surface area (Å²) in [4.78, 5) is 17.5. The maximum Gasteiger partial charge on any atom is 0.247 e. The maximum atomic E-state index is 12.7. The van der Waals surface area contributed by atoms with Gasteiger partial charge in [-0.2, -0.15) is 5.26 Å². The molecule has 1 aliphatic rings. The second-order valence-corrected chi connectivity index (χ2v) is 7.06. The van der Waals surface area contributed by atoms with Gasteiger partial charge in [-0.3, -0.25) is 9.79 Å². The van der Waals surface area contributed by atoms with Crippen molar-refractivity contribution >= 4 is 17.3 Å². The second-order valence-electron chi connectivity index (χ2n) is 7.06. The predicted octanol–water partition coefficient (Wildman–Crippen LogP) is 3.90. The normalized spacial score (nSPS) is 16.2. The lowest BCUT2D eigenvalue weighted by Crippen LogP contribution is -2.36. The SMILES string of the molecule is Cc1ccc(NC(=O)C(C#N)C2=NC(C)(C)Cc3ccccc32)cc1. The number of hydrogen-bond acceptors (Lipinski definition) is 3. The Balaban J connectivity index is 1.94. The van der Waals surface area contributed by atoms with Crippen molar-refractivity contribution in [3.63, 3.8) is 0 Å². The number of aryl methyl sites for hydroxylation is 1. The fourth-order valence-corrected chi connectivity index (χ4v) is 3.13. The molecule has 0 spiro atoms. The van der Waals surface area contributed by atoms with Crippen LogP contribution in [0.4, 0.5) is 5.69 Å². The Hall–Kier alpha value is -2.93. The zero-order valence-corrected chi connectivity index (χ0v) is 14.7. The largest absolute Gasteiger partial charge is 0.325 e. The first-order valence-electron chi connectivity index (χ1n) is 8.35. The molecule has 0 saturated carbocycles. The predicted molar refractivity (Wildman–Crippen MR) is 99.7 cm³/mol. The van der Waals surface area contributed by atoms with Gasteiger partial charge in [0, 0.05) is 11.3 Å². The Kier molecular flexibility index (Phi) is 4.41. The molecular formula is C21H21N3O. The fourth-order valence-electron chi connectivity index (χ4n) is 3.13. The number of aliphatic imine (C=N–C) groups is 1. The monoisotopic (exact) mass is 331 g/mol. The number of nitrogens with zero attached hydrogens (tertiary/aromatic N) is 2. The third-order valence-electron chi connectivity index (χ3n) is 4.32. The first kappa shape index (κ1) is 16.9. The standard InChI is InChI=1S/C21H21N3O/c1-14-8-10-16(11-9-14)23-20(25)18(13-22)19-17-7-5-4-6-15(17)12-21(2,3)24-19/h4-11,18H,12H2,1-3H3,(H,23,25). The van der Waals surface area contributed by atoms with Crippen LogP contribution in [0.5, 0.6) is 0 Å². The Labute approximate surface area is 148 Å². The van der Waals surface area contributed by atoms with Crippen molar-refractivity contribution in [1.82, 2.24) is 0 Å². The molecule has 1 unspecified atom stereocenters. The van der Waals surface area contributed by atoms with Crippen LogP contribution in [0.25, 0.3) is 0 Å². The number of nitrogens with one attached hydrogen (secondary N) is 1. The van der Waals surface area contributed by atoms with E-state index in [2.05, 4.69) is 11.4 Å². The van der Waals surface area contributed by atoms with Crippen LogP contribution in [-0.4, -0.2) is 17.2 Å². The molecule has 2 aromatic carbocycles. The molecule has 3 rings (SSSR count). The van der Waals surface area contributed by atoms with Crippen LogP contribution in [0.1, 0.15) is 30.5 Å². The molecule has 1 atom stereocenters. The Bertz CT molecular complexity index is 873. The van der Waals surface area contributed by atoms with E-state index in [0.717, 1.165) is 23.1 Å². The van der Waals surface area contributed by atoms with E-state index in [1.807, 2.05) is 69.3 Å². The number of nitriles is 1. The fraction of sp³-hybridized carbons (Fsp3) is 0.286. The number of rotatable bonds is 3. The highest BCUT2D eigenvalue weighted by atomic mass is 16.1. The number of hydrogen-bond donors (Lipinski definition) is 1. The van der Waals surface area contributed by atoms with Crippen LogP contribution >= 0.6 is 0 Å². The lowest BCUT2D eigenvalue weighted by molar-refractivity contribution is -0.116. The summed E-state index contributed by atoms with van der Waals surface area (Å²) >= 11 is 0. The van der Waals surface area contributed by atoms with Crippen LogP contribution in [-0.2, 0) is 11.2 Å². The van der Waals surface area contributed by atoms with Crippen molar-refractivity contribution in [2.75, 3.05) is 5.32 Å². The Morgan fingerprint density at radius 2 is 1.88 bits per heavy atom. The zero-order valence-electron chi connectivity index (χ0n) is 14.7. The molecule has 0 saturated heterocycles. The molecule has 2 aromatic rings. The Morgan fingerprint density at radius 1 is 1.20 bits per heavy atom. The van der Waals surface area contributed by atoms with E-state index in [9.17, 15) is 10.1 Å². The molecule has 4 heteroatoms. The minimum atomic E-state index is -0.943. The molecule has 4 nitrogen and oxygen atoms in total. The van der Waals surface area contributed by atoms with Gasteiger partial charge in [0.05, 0.1) is 17.3 Å². The van der Waals surface area contributed by atoms with Crippen LogP contribution < -0.4 is 5.32 Å². The van der Waals surface area contributed by atoms with E-state index in [1.54, 1.807) is 0 Å². The van der Waals surface area contributed by atoms with Gasteiger partial charge in [0.2, 0.25) is 5.91 Å². The van der Waals surface area contributed by atoms with E-state index in [-0.39, 0.29) is 11.4 Å². The molecule has 126 valence electrons. The molecule has 1 N–H and O–H groups in total. The van der Waals surface area contributed by atoms with Gasteiger partial charge in [-0.1, -0.05) is 42.0 Å². The van der Waals surface area contributed by atoms with Crippen molar-refractivity contribution in [2.45, 2.75) is 32.7 Å². The molecule has 0 fully saturated rings. The average Bonchev–Trinajstić information content (AvgIpc) is 2.56. The molecular weight excluding hydrogens is 310 g/mol.